The molecular formula is C22H31N3O3S. The Kier molecular flexibility index (Phi) is 7.96. The number of rotatable bonds is 9. The normalized spacial score (nSPS) is 12.8. The molecule has 29 heavy (non-hydrogen) atoms. The second-order valence-electron chi connectivity index (χ2n) is 7.06. The van der Waals surface area contributed by atoms with Gasteiger partial charge in [-0.15, -0.1) is 0 Å². The minimum atomic E-state index is -3.46. The lowest BCUT2D eigenvalue weighted by atomic mass is 10.1. The number of carbonyl (C=O) groups excluding carboxylic acids is 1. The summed E-state index contributed by atoms with van der Waals surface area (Å²) in [6, 6.07) is 12.5. The number of anilines is 1. The van der Waals surface area contributed by atoms with Crippen LogP contribution in [0.4, 0.5) is 5.69 Å². The van der Waals surface area contributed by atoms with Crippen molar-refractivity contribution >= 4 is 21.6 Å². The first-order valence-corrected chi connectivity index (χ1v) is 11.3. The van der Waals surface area contributed by atoms with Gasteiger partial charge in [0, 0.05) is 24.8 Å². The molecule has 0 radical (unpaired) electrons. The maximum atomic E-state index is 12.6. The van der Waals surface area contributed by atoms with Gasteiger partial charge in [0.05, 0.1) is 11.4 Å². The Morgan fingerprint density at radius 3 is 2.24 bits per heavy atom. The minimum Gasteiger partial charge on any atom is -0.325 e. The van der Waals surface area contributed by atoms with Crippen molar-refractivity contribution in [2.75, 3.05) is 25.0 Å². The van der Waals surface area contributed by atoms with Gasteiger partial charge in [-0.25, -0.2) is 8.42 Å². The fraction of sp³-hybridized carbons (Fsp3) is 0.409. The van der Waals surface area contributed by atoms with Gasteiger partial charge < -0.3 is 10.6 Å². The van der Waals surface area contributed by atoms with E-state index < -0.39 is 10.0 Å². The average Bonchev–Trinajstić information content (AvgIpc) is 2.70. The Hall–Kier alpha value is -2.22. The molecule has 7 heteroatoms. The van der Waals surface area contributed by atoms with Gasteiger partial charge in [0.25, 0.3) is 0 Å². The quantitative estimate of drug-likeness (QED) is 0.653. The van der Waals surface area contributed by atoms with Crippen LogP contribution < -0.4 is 10.6 Å². The van der Waals surface area contributed by atoms with E-state index in [9.17, 15) is 13.2 Å². The van der Waals surface area contributed by atoms with Crippen LogP contribution in [0.25, 0.3) is 0 Å². The van der Waals surface area contributed by atoms with Crippen LogP contribution in [-0.4, -0.2) is 38.3 Å². The molecule has 2 aromatic rings. The summed E-state index contributed by atoms with van der Waals surface area (Å²) in [6.45, 7) is 10.6. The SMILES string of the molecule is CCN(CC)S(=O)(=O)c1ccc([C@H](C)NCC(=O)Nc2cccc(C)c2C)cc1. The summed E-state index contributed by atoms with van der Waals surface area (Å²) in [5.74, 6) is -0.119. The Bertz CT molecular complexity index is 936. The second-order valence-corrected chi connectivity index (χ2v) is 8.99. The number of hydrogen-bond donors (Lipinski definition) is 2. The van der Waals surface area contributed by atoms with E-state index in [0.29, 0.717) is 13.1 Å². The summed E-state index contributed by atoms with van der Waals surface area (Å²) >= 11 is 0. The highest BCUT2D eigenvalue weighted by molar-refractivity contribution is 7.89. The zero-order valence-corrected chi connectivity index (χ0v) is 18.6. The molecule has 6 nitrogen and oxygen atoms in total. The molecule has 1 amide bonds. The van der Waals surface area contributed by atoms with Gasteiger partial charge in [-0.3, -0.25) is 4.79 Å². The lowest BCUT2D eigenvalue weighted by molar-refractivity contribution is -0.115. The summed E-state index contributed by atoms with van der Waals surface area (Å²) < 4.78 is 26.6. The lowest BCUT2D eigenvalue weighted by Gasteiger charge is -2.19. The van der Waals surface area contributed by atoms with Crippen LogP contribution in [-0.2, 0) is 14.8 Å². The molecule has 0 aliphatic carbocycles. The first-order valence-electron chi connectivity index (χ1n) is 9.90. The predicted octanol–water partition coefficient (Wildman–Crippen LogP) is 3.62. The second kappa shape index (κ2) is 10.0. The summed E-state index contributed by atoms with van der Waals surface area (Å²) in [7, 11) is -3.46. The van der Waals surface area contributed by atoms with E-state index >= 15 is 0 Å². The van der Waals surface area contributed by atoms with E-state index in [2.05, 4.69) is 10.6 Å². The molecule has 0 heterocycles. The van der Waals surface area contributed by atoms with Crippen molar-refractivity contribution in [3.8, 4) is 0 Å². The molecule has 0 bridgehead atoms. The molecule has 158 valence electrons. The first kappa shape index (κ1) is 23.1. The van der Waals surface area contributed by atoms with Crippen molar-refractivity contribution in [2.24, 2.45) is 0 Å². The number of carbonyl (C=O) groups is 1. The van der Waals surface area contributed by atoms with E-state index in [-0.39, 0.29) is 23.4 Å². The van der Waals surface area contributed by atoms with Gasteiger partial charge in [-0.2, -0.15) is 4.31 Å². The van der Waals surface area contributed by atoms with Gasteiger partial charge in [-0.05, 0) is 55.7 Å². The fourth-order valence-corrected chi connectivity index (χ4v) is 4.54. The summed E-state index contributed by atoms with van der Waals surface area (Å²) in [4.78, 5) is 12.6. The molecule has 0 spiro atoms. The van der Waals surface area contributed by atoms with Crippen molar-refractivity contribution < 1.29 is 13.2 Å². The number of hydrogen-bond acceptors (Lipinski definition) is 4. The number of benzene rings is 2. The molecule has 2 N–H and O–H groups in total. The standard InChI is InChI=1S/C22H31N3O3S/c1-6-25(7-2)29(27,28)20-13-11-19(12-14-20)18(5)23-15-22(26)24-21-10-8-9-16(3)17(21)4/h8-14,18,23H,6-7,15H2,1-5H3,(H,24,26)/t18-/m0/s1. The van der Waals surface area contributed by atoms with Crippen LogP contribution in [0, 0.1) is 13.8 Å². The number of aryl methyl sites for hydroxylation is 1. The minimum absolute atomic E-state index is 0.0930. The van der Waals surface area contributed by atoms with E-state index in [4.69, 9.17) is 0 Å². The van der Waals surface area contributed by atoms with Crippen LogP contribution in [0.2, 0.25) is 0 Å². The Morgan fingerprint density at radius 1 is 1.03 bits per heavy atom. The van der Waals surface area contributed by atoms with E-state index in [1.165, 1.54) is 4.31 Å². The summed E-state index contributed by atoms with van der Waals surface area (Å²) in [5, 5.41) is 6.11. The van der Waals surface area contributed by atoms with Gasteiger partial charge in [0.2, 0.25) is 15.9 Å². The zero-order chi connectivity index (χ0) is 21.6. The molecule has 2 rings (SSSR count). The molecule has 0 fully saturated rings. The third-order valence-electron chi connectivity index (χ3n) is 5.17. The van der Waals surface area contributed by atoms with Gasteiger partial charge in [0.15, 0.2) is 0 Å². The van der Waals surface area contributed by atoms with Gasteiger partial charge in [0.1, 0.15) is 0 Å². The third-order valence-corrected chi connectivity index (χ3v) is 7.23. The molecule has 0 aromatic heterocycles. The van der Waals surface area contributed by atoms with Gasteiger partial charge >= 0.3 is 0 Å². The van der Waals surface area contributed by atoms with E-state index in [1.54, 1.807) is 24.3 Å². The molecule has 0 saturated heterocycles. The highest BCUT2D eigenvalue weighted by Crippen LogP contribution is 2.20. The van der Waals surface area contributed by atoms with Crippen molar-refractivity contribution in [3.05, 3.63) is 59.2 Å². The maximum Gasteiger partial charge on any atom is 0.243 e. The molecule has 0 aliphatic heterocycles. The average molecular weight is 418 g/mol. The molecule has 0 saturated carbocycles. The number of sulfonamides is 1. The largest absolute Gasteiger partial charge is 0.325 e. The zero-order valence-electron chi connectivity index (χ0n) is 17.8. The van der Waals surface area contributed by atoms with Gasteiger partial charge in [-0.1, -0.05) is 38.1 Å². The van der Waals surface area contributed by atoms with Crippen molar-refractivity contribution in [2.45, 2.75) is 45.6 Å². The fourth-order valence-electron chi connectivity index (χ4n) is 3.09. The van der Waals surface area contributed by atoms with Crippen molar-refractivity contribution in [3.63, 3.8) is 0 Å². The van der Waals surface area contributed by atoms with Crippen LogP contribution >= 0.6 is 0 Å². The highest BCUT2D eigenvalue weighted by Gasteiger charge is 2.21. The number of amides is 1. The molecular weight excluding hydrogens is 386 g/mol. The van der Waals surface area contributed by atoms with E-state index in [1.807, 2.05) is 52.8 Å². The number of nitrogens with zero attached hydrogens (tertiary/aromatic N) is 1. The van der Waals surface area contributed by atoms with Crippen LogP contribution in [0.15, 0.2) is 47.4 Å². The van der Waals surface area contributed by atoms with Crippen molar-refractivity contribution in [1.82, 2.24) is 9.62 Å². The monoisotopic (exact) mass is 417 g/mol. The Labute approximate surface area is 174 Å². The van der Waals surface area contributed by atoms with Crippen LogP contribution in [0.5, 0.6) is 0 Å². The molecule has 1 atom stereocenters. The molecule has 0 aliphatic rings. The smallest absolute Gasteiger partial charge is 0.243 e. The third kappa shape index (κ3) is 5.65. The lowest BCUT2D eigenvalue weighted by Crippen LogP contribution is -2.31. The maximum absolute atomic E-state index is 12.6. The molecule has 0 unspecified atom stereocenters. The van der Waals surface area contributed by atoms with E-state index in [0.717, 1.165) is 22.4 Å². The summed E-state index contributed by atoms with van der Waals surface area (Å²) in [6.07, 6.45) is 0. The highest BCUT2D eigenvalue weighted by atomic mass is 32.2. The predicted molar refractivity (Wildman–Crippen MR) is 118 cm³/mol. The van der Waals surface area contributed by atoms with Crippen LogP contribution in [0.3, 0.4) is 0 Å². The first-order chi connectivity index (χ1) is 13.7. The van der Waals surface area contributed by atoms with Crippen LogP contribution in [0.1, 0.15) is 43.5 Å². The Morgan fingerprint density at radius 2 is 1.66 bits per heavy atom. The molecule has 2 aromatic carbocycles. The number of nitrogens with one attached hydrogen (secondary N) is 2. The topological polar surface area (TPSA) is 78.5 Å². The van der Waals surface area contributed by atoms with Crippen molar-refractivity contribution in [1.29, 1.82) is 0 Å². The summed E-state index contributed by atoms with van der Waals surface area (Å²) in [5.41, 5.74) is 3.92. The Balaban J connectivity index is 1.98.